The maximum atomic E-state index is 10.8. The van der Waals surface area contributed by atoms with Gasteiger partial charge >= 0.3 is 5.97 Å². The first kappa shape index (κ1) is 11.3. The molecular formula is C7H7NO6S. The molecule has 0 heterocycles. The Morgan fingerprint density at radius 1 is 1.33 bits per heavy atom. The topological polar surface area (TPSA) is 138 Å². The monoisotopic (exact) mass is 233 g/mol. The molecule has 0 aromatic heterocycles. The molecule has 0 aliphatic carbocycles. The summed E-state index contributed by atoms with van der Waals surface area (Å²) in [4.78, 5) is 9.75. The standard InChI is InChI=1S/C7H7NO6S/c8-3-1-2-4(15(12,13)14)5(6(3)9)7(10)11/h1-2,9H,8H2,(H,10,11)(H,12,13,14). The molecule has 0 atom stereocenters. The Bertz CT molecular complexity index is 521. The van der Waals surface area contributed by atoms with Crippen molar-refractivity contribution in [1.29, 1.82) is 0 Å². The van der Waals surface area contributed by atoms with E-state index in [-0.39, 0.29) is 5.69 Å². The number of nitrogens with two attached hydrogens (primary N) is 1. The molecular weight excluding hydrogens is 226 g/mol. The molecule has 0 aliphatic rings. The van der Waals surface area contributed by atoms with Crippen LogP contribution in [0, 0.1) is 0 Å². The van der Waals surface area contributed by atoms with E-state index in [0.29, 0.717) is 0 Å². The van der Waals surface area contributed by atoms with Crippen LogP contribution in [0.15, 0.2) is 17.0 Å². The van der Waals surface area contributed by atoms with Gasteiger partial charge in [0.1, 0.15) is 10.5 Å². The van der Waals surface area contributed by atoms with Crippen LogP contribution in [0.1, 0.15) is 10.4 Å². The normalized spacial score (nSPS) is 11.3. The van der Waals surface area contributed by atoms with Crippen molar-refractivity contribution in [2.24, 2.45) is 0 Å². The van der Waals surface area contributed by atoms with E-state index in [4.69, 9.17) is 15.4 Å². The fourth-order valence-electron chi connectivity index (χ4n) is 1.01. The quantitative estimate of drug-likeness (QED) is 0.318. The van der Waals surface area contributed by atoms with E-state index in [1.54, 1.807) is 0 Å². The van der Waals surface area contributed by atoms with E-state index >= 15 is 0 Å². The Morgan fingerprint density at radius 3 is 2.27 bits per heavy atom. The summed E-state index contributed by atoms with van der Waals surface area (Å²) in [5.41, 5.74) is 3.94. The van der Waals surface area contributed by atoms with Crippen molar-refractivity contribution in [2.75, 3.05) is 5.73 Å². The van der Waals surface area contributed by atoms with Crippen LogP contribution < -0.4 is 5.73 Å². The zero-order valence-electron chi connectivity index (χ0n) is 7.21. The van der Waals surface area contributed by atoms with Crippen molar-refractivity contribution in [3.63, 3.8) is 0 Å². The first-order valence-corrected chi connectivity index (χ1v) is 5.01. The van der Waals surface area contributed by atoms with Crippen molar-refractivity contribution in [3.8, 4) is 5.75 Å². The van der Waals surface area contributed by atoms with Crippen molar-refractivity contribution in [1.82, 2.24) is 0 Å². The van der Waals surface area contributed by atoms with Gasteiger partial charge in [-0.15, -0.1) is 0 Å². The van der Waals surface area contributed by atoms with Gasteiger partial charge in [-0.2, -0.15) is 8.42 Å². The minimum Gasteiger partial charge on any atom is -0.505 e. The lowest BCUT2D eigenvalue weighted by Crippen LogP contribution is -2.09. The van der Waals surface area contributed by atoms with Gasteiger partial charge in [-0.05, 0) is 12.1 Å². The average molecular weight is 233 g/mol. The number of aromatic carboxylic acids is 1. The van der Waals surface area contributed by atoms with Crippen LogP contribution in [-0.4, -0.2) is 29.2 Å². The summed E-state index contributed by atoms with van der Waals surface area (Å²) in [5, 5.41) is 17.9. The summed E-state index contributed by atoms with van der Waals surface area (Å²) in [6, 6.07) is 1.78. The number of anilines is 1. The van der Waals surface area contributed by atoms with Crippen LogP contribution in [-0.2, 0) is 10.1 Å². The molecule has 8 heteroatoms. The molecule has 0 aliphatic heterocycles. The van der Waals surface area contributed by atoms with Crippen LogP contribution >= 0.6 is 0 Å². The molecule has 0 unspecified atom stereocenters. The molecule has 1 rings (SSSR count). The van der Waals surface area contributed by atoms with Gasteiger partial charge in [0.05, 0.1) is 5.69 Å². The number of hydrogen-bond donors (Lipinski definition) is 4. The number of phenols is 1. The van der Waals surface area contributed by atoms with E-state index in [1.165, 1.54) is 0 Å². The molecule has 0 saturated carbocycles. The zero-order valence-corrected chi connectivity index (χ0v) is 8.02. The third kappa shape index (κ3) is 2.00. The first-order chi connectivity index (χ1) is 6.75. The molecule has 1 aromatic rings. The van der Waals surface area contributed by atoms with Crippen LogP contribution in [0.25, 0.3) is 0 Å². The zero-order chi connectivity index (χ0) is 11.8. The van der Waals surface area contributed by atoms with E-state index in [0.717, 1.165) is 12.1 Å². The highest BCUT2D eigenvalue weighted by Crippen LogP contribution is 2.30. The van der Waals surface area contributed by atoms with Gasteiger partial charge in [-0.1, -0.05) is 0 Å². The number of carboxylic acids is 1. The van der Waals surface area contributed by atoms with Crippen molar-refractivity contribution in [3.05, 3.63) is 17.7 Å². The van der Waals surface area contributed by atoms with E-state index < -0.39 is 32.3 Å². The molecule has 1 aromatic carbocycles. The van der Waals surface area contributed by atoms with Gasteiger partial charge in [0.2, 0.25) is 0 Å². The number of rotatable bonds is 2. The molecule has 82 valence electrons. The highest BCUT2D eigenvalue weighted by Gasteiger charge is 2.25. The largest absolute Gasteiger partial charge is 0.505 e. The Morgan fingerprint density at radius 2 is 1.87 bits per heavy atom. The van der Waals surface area contributed by atoms with Crippen molar-refractivity contribution >= 4 is 21.8 Å². The summed E-state index contributed by atoms with van der Waals surface area (Å²) in [7, 11) is -4.71. The van der Waals surface area contributed by atoms with Crippen LogP contribution in [0.2, 0.25) is 0 Å². The van der Waals surface area contributed by atoms with Gasteiger partial charge in [0, 0.05) is 0 Å². The van der Waals surface area contributed by atoms with Crippen LogP contribution in [0.3, 0.4) is 0 Å². The molecule has 0 saturated heterocycles. The summed E-state index contributed by atoms with van der Waals surface area (Å²) < 4.78 is 30.2. The lowest BCUT2D eigenvalue weighted by atomic mass is 10.2. The lowest BCUT2D eigenvalue weighted by Gasteiger charge is -2.06. The minimum atomic E-state index is -4.71. The fourth-order valence-corrected chi connectivity index (χ4v) is 1.69. The predicted octanol–water partition coefficient (Wildman–Crippen LogP) is -0.0807. The maximum absolute atomic E-state index is 10.8. The number of benzene rings is 1. The molecule has 0 radical (unpaired) electrons. The Kier molecular flexibility index (Phi) is 2.56. The highest BCUT2D eigenvalue weighted by molar-refractivity contribution is 7.86. The number of nitrogen functional groups attached to an aromatic ring is 1. The number of carboxylic acid groups (broad SMARTS) is 1. The van der Waals surface area contributed by atoms with Crippen LogP contribution in [0.5, 0.6) is 5.75 Å². The molecule has 0 fully saturated rings. The third-order valence-electron chi connectivity index (χ3n) is 1.66. The molecule has 15 heavy (non-hydrogen) atoms. The minimum absolute atomic E-state index is 0.292. The smallest absolute Gasteiger partial charge is 0.341 e. The van der Waals surface area contributed by atoms with E-state index in [9.17, 15) is 18.3 Å². The summed E-state index contributed by atoms with van der Waals surface area (Å²) >= 11 is 0. The fraction of sp³-hybridized carbons (Fsp3) is 0. The molecule has 7 nitrogen and oxygen atoms in total. The second-order valence-corrected chi connectivity index (χ2v) is 4.05. The van der Waals surface area contributed by atoms with Crippen molar-refractivity contribution in [2.45, 2.75) is 4.90 Å². The Balaban J connectivity index is 3.70. The van der Waals surface area contributed by atoms with Crippen LogP contribution in [0.4, 0.5) is 5.69 Å². The number of hydrogen-bond acceptors (Lipinski definition) is 5. The van der Waals surface area contributed by atoms with E-state index in [1.807, 2.05) is 0 Å². The molecule has 0 bridgehead atoms. The summed E-state index contributed by atoms with van der Waals surface area (Å²) in [6.45, 7) is 0. The number of aromatic hydroxyl groups is 1. The summed E-state index contributed by atoms with van der Waals surface area (Å²) in [6.07, 6.45) is 0. The molecule has 5 N–H and O–H groups in total. The van der Waals surface area contributed by atoms with Gasteiger partial charge in [0.15, 0.2) is 5.75 Å². The van der Waals surface area contributed by atoms with Gasteiger partial charge < -0.3 is 15.9 Å². The average Bonchev–Trinajstić information content (AvgIpc) is 2.06. The van der Waals surface area contributed by atoms with Crippen molar-refractivity contribution < 1.29 is 28.0 Å². The predicted molar refractivity (Wildman–Crippen MR) is 49.3 cm³/mol. The lowest BCUT2D eigenvalue weighted by molar-refractivity contribution is 0.0689. The third-order valence-corrected chi connectivity index (χ3v) is 2.56. The second-order valence-electron chi connectivity index (χ2n) is 2.66. The Labute approximate surface area is 84.5 Å². The SMILES string of the molecule is Nc1ccc(S(=O)(=O)O)c(C(=O)O)c1O. The Hall–Kier alpha value is -1.80. The summed E-state index contributed by atoms with van der Waals surface area (Å²) in [5.74, 6) is -2.59. The highest BCUT2D eigenvalue weighted by atomic mass is 32.2. The number of carbonyl (C=O) groups is 1. The molecule has 0 spiro atoms. The van der Waals surface area contributed by atoms with E-state index in [2.05, 4.69) is 0 Å². The van der Waals surface area contributed by atoms with Gasteiger partial charge in [-0.3, -0.25) is 4.55 Å². The van der Waals surface area contributed by atoms with Gasteiger partial charge in [0.25, 0.3) is 10.1 Å². The first-order valence-electron chi connectivity index (χ1n) is 3.57. The second kappa shape index (κ2) is 3.41. The molecule has 0 amide bonds. The maximum Gasteiger partial charge on any atom is 0.341 e. The van der Waals surface area contributed by atoms with Gasteiger partial charge in [-0.25, -0.2) is 4.79 Å².